The minimum Gasteiger partial charge on any atom is -0.497 e. The van der Waals surface area contributed by atoms with Crippen molar-refractivity contribution in [2.24, 2.45) is 0 Å². The third-order valence-electron chi connectivity index (χ3n) is 4.97. The van der Waals surface area contributed by atoms with Gasteiger partial charge in [-0.1, -0.05) is 12.1 Å². The maximum absolute atomic E-state index is 12.7. The highest BCUT2D eigenvalue weighted by atomic mass is 16.5. The zero-order valence-electron chi connectivity index (χ0n) is 16.7. The zero-order valence-corrected chi connectivity index (χ0v) is 16.7. The molecule has 150 valence electrons. The number of carbonyl (C=O) groups is 1. The molecule has 2 aromatic rings. The molecule has 0 saturated carbocycles. The highest BCUT2D eigenvalue weighted by Crippen LogP contribution is 2.33. The van der Waals surface area contributed by atoms with Gasteiger partial charge in [0.25, 0.3) is 0 Å². The Kier molecular flexibility index (Phi) is 6.76. The van der Waals surface area contributed by atoms with E-state index >= 15 is 0 Å². The minimum absolute atomic E-state index is 0.0654. The van der Waals surface area contributed by atoms with Crippen LogP contribution >= 0.6 is 0 Å². The van der Waals surface area contributed by atoms with Crippen molar-refractivity contribution in [3.8, 4) is 17.2 Å². The summed E-state index contributed by atoms with van der Waals surface area (Å²) >= 11 is 0. The Hall–Kier alpha value is -2.73. The summed E-state index contributed by atoms with van der Waals surface area (Å²) in [7, 11) is 3.18. The lowest BCUT2D eigenvalue weighted by Gasteiger charge is -2.24. The Morgan fingerprint density at radius 2 is 1.86 bits per heavy atom. The van der Waals surface area contributed by atoms with Crippen molar-refractivity contribution in [1.29, 1.82) is 0 Å². The molecular weight excluding hydrogens is 356 g/mol. The number of ether oxygens (including phenoxy) is 3. The summed E-state index contributed by atoms with van der Waals surface area (Å²) < 4.78 is 16.1. The first kappa shape index (κ1) is 20.0. The third kappa shape index (κ3) is 4.75. The molecule has 1 unspecified atom stereocenters. The molecular formula is C22H28N2O4. The molecule has 0 aliphatic carbocycles. The third-order valence-corrected chi connectivity index (χ3v) is 4.97. The van der Waals surface area contributed by atoms with Gasteiger partial charge in [-0.25, -0.2) is 0 Å². The first-order valence-corrected chi connectivity index (χ1v) is 9.63. The van der Waals surface area contributed by atoms with Gasteiger partial charge >= 0.3 is 0 Å². The first-order chi connectivity index (χ1) is 13.6. The summed E-state index contributed by atoms with van der Waals surface area (Å²) in [4.78, 5) is 14.9. The smallest absolute Gasteiger partial charge is 0.238 e. The Morgan fingerprint density at radius 1 is 1.11 bits per heavy atom. The number of likely N-dealkylation sites (tertiary alicyclic amines) is 1. The summed E-state index contributed by atoms with van der Waals surface area (Å²) in [5.41, 5.74) is 1.83. The number of hydrogen-bond donors (Lipinski definition) is 1. The van der Waals surface area contributed by atoms with E-state index in [1.54, 1.807) is 32.4 Å². The van der Waals surface area contributed by atoms with Crippen molar-refractivity contribution in [3.63, 3.8) is 0 Å². The number of amides is 1. The Balaban J connectivity index is 1.66. The second-order valence-corrected chi connectivity index (χ2v) is 6.74. The zero-order chi connectivity index (χ0) is 19.9. The van der Waals surface area contributed by atoms with Gasteiger partial charge in [-0.15, -0.1) is 0 Å². The number of hydrogen-bond acceptors (Lipinski definition) is 5. The predicted molar refractivity (Wildman–Crippen MR) is 109 cm³/mol. The number of carbonyl (C=O) groups excluding carboxylic acids is 1. The van der Waals surface area contributed by atoms with Gasteiger partial charge in [-0.2, -0.15) is 0 Å². The molecule has 6 heteroatoms. The molecule has 2 aromatic carbocycles. The Bertz CT molecular complexity index is 792. The largest absolute Gasteiger partial charge is 0.497 e. The van der Waals surface area contributed by atoms with Gasteiger partial charge in [0.1, 0.15) is 17.2 Å². The summed E-state index contributed by atoms with van der Waals surface area (Å²) in [5, 5.41) is 2.96. The lowest BCUT2D eigenvalue weighted by molar-refractivity contribution is -0.117. The lowest BCUT2D eigenvalue weighted by Crippen LogP contribution is -2.33. The van der Waals surface area contributed by atoms with Crippen molar-refractivity contribution in [2.45, 2.75) is 25.8 Å². The van der Waals surface area contributed by atoms with Crippen LogP contribution in [0.3, 0.4) is 0 Å². The van der Waals surface area contributed by atoms with E-state index in [4.69, 9.17) is 14.2 Å². The second kappa shape index (κ2) is 9.46. The molecule has 1 N–H and O–H groups in total. The van der Waals surface area contributed by atoms with Gasteiger partial charge in [-0.05, 0) is 56.1 Å². The maximum atomic E-state index is 12.7. The van der Waals surface area contributed by atoms with Gasteiger partial charge in [-0.3, -0.25) is 9.69 Å². The fraction of sp³-hybridized carbons (Fsp3) is 0.409. The molecule has 1 saturated heterocycles. The van der Waals surface area contributed by atoms with Crippen LogP contribution in [0.2, 0.25) is 0 Å². The maximum Gasteiger partial charge on any atom is 0.238 e. The number of anilines is 1. The molecule has 28 heavy (non-hydrogen) atoms. The van der Waals surface area contributed by atoms with E-state index < -0.39 is 0 Å². The average Bonchev–Trinajstić information content (AvgIpc) is 3.16. The first-order valence-electron chi connectivity index (χ1n) is 9.63. The summed E-state index contributed by atoms with van der Waals surface area (Å²) in [6, 6.07) is 13.8. The van der Waals surface area contributed by atoms with Gasteiger partial charge in [0.15, 0.2) is 0 Å². The molecule has 1 heterocycles. The summed E-state index contributed by atoms with van der Waals surface area (Å²) in [6.07, 6.45) is 2.12. The standard InChI is InChI=1S/C22H28N2O4/c1-4-28-17-9-7-16(8-10-17)20-6-5-13-24(20)15-22(25)23-19-14-18(26-2)11-12-21(19)27-3/h7-12,14,20H,4-6,13,15H2,1-3H3,(H,23,25). The molecule has 1 atom stereocenters. The van der Waals surface area contributed by atoms with Gasteiger partial charge in [0.2, 0.25) is 5.91 Å². The van der Waals surface area contributed by atoms with Crippen molar-refractivity contribution in [3.05, 3.63) is 48.0 Å². The van der Waals surface area contributed by atoms with Crippen LogP contribution in [0.5, 0.6) is 17.2 Å². The van der Waals surface area contributed by atoms with E-state index in [1.807, 2.05) is 19.1 Å². The molecule has 0 radical (unpaired) electrons. The molecule has 0 aromatic heterocycles. The molecule has 6 nitrogen and oxygen atoms in total. The van der Waals surface area contributed by atoms with Crippen LogP contribution in [0.1, 0.15) is 31.4 Å². The van der Waals surface area contributed by atoms with Crippen molar-refractivity contribution in [2.75, 3.05) is 39.2 Å². The SMILES string of the molecule is CCOc1ccc(C2CCCN2CC(=O)Nc2cc(OC)ccc2OC)cc1. The van der Waals surface area contributed by atoms with Gasteiger partial charge in [0, 0.05) is 12.1 Å². The summed E-state index contributed by atoms with van der Waals surface area (Å²) in [5.74, 6) is 2.09. The number of nitrogens with zero attached hydrogens (tertiary/aromatic N) is 1. The lowest BCUT2D eigenvalue weighted by atomic mass is 10.0. The Morgan fingerprint density at radius 3 is 2.54 bits per heavy atom. The van der Waals surface area contributed by atoms with E-state index in [-0.39, 0.29) is 11.9 Å². The molecule has 1 fully saturated rings. The molecule has 1 aliphatic heterocycles. The van der Waals surface area contributed by atoms with Crippen LogP contribution in [0.15, 0.2) is 42.5 Å². The van der Waals surface area contributed by atoms with Crippen LogP contribution in [0.4, 0.5) is 5.69 Å². The van der Waals surface area contributed by atoms with Gasteiger partial charge in [0.05, 0.1) is 33.1 Å². The summed E-state index contributed by atoms with van der Waals surface area (Å²) in [6.45, 7) is 3.87. The quantitative estimate of drug-likeness (QED) is 0.748. The Labute approximate surface area is 166 Å². The normalized spacial score (nSPS) is 16.6. The topological polar surface area (TPSA) is 60.0 Å². The fourth-order valence-electron chi connectivity index (χ4n) is 3.63. The fourth-order valence-corrected chi connectivity index (χ4v) is 3.63. The number of nitrogens with one attached hydrogen (secondary N) is 1. The number of benzene rings is 2. The van der Waals surface area contributed by atoms with Crippen LogP contribution < -0.4 is 19.5 Å². The average molecular weight is 384 g/mol. The van der Waals surface area contributed by atoms with E-state index in [9.17, 15) is 4.79 Å². The van der Waals surface area contributed by atoms with Crippen LogP contribution in [0, 0.1) is 0 Å². The van der Waals surface area contributed by atoms with E-state index in [1.165, 1.54) is 5.56 Å². The van der Waals surface area contributed by atoms with Crippen molar-refractivity contribution in [1.82, 2.24) is 4.90 Å². The van der Waals surface area contributed by atoms with Crippen molar-refractivity contribution >= 4 is 11.6 Å². The van der Waals surface area contributed by atoms with Gasteiger partial charge < -0.3 is 19.5 Å². The van der Waals surface area contributed by atoms with Crippen LogP contribution in [0.25, 0.3) is 0 Å². The molecule has 1 amide bonds. The van der Waals surface area contributed by atoms with E-state index in [0.29, 0.717) is 30.3 Å². The molecule has 1 aliphatic rings. The monoisotopic (exact) mass is 384 g/mol. The van der Waals surface area contributed by atoms with E-state index in [2.05, 4.69) is 22.3 Å². The predicted octanol–water partition coefficient (Wildman–Crippen LogP) is 3.88. The molecule has 3 rings (SSSR count). The minimum atomic E-state index is -0.0654. The van der Waals surface area contributed by atoms with Crippen LogP contribution in [-0.4, -0.2) is 44.7 Å². The van der Waals surface area contributed by atoms with Crippen LogP contribution in [-0.2, 0) is 4.79 Å². The van der Waals surface area contributed by atoms with E-state index in [0.717, 1.165) is 25.1 Å². The molecule has 0 spiro atoms. The second-order valence-electron chi connectivity index (χ2n) is 6.74. The highest BCUT2D eigenvalue weighted by molar-refractivity contribution is 5.94. The number of methoxy groups -OCH3 is 2. The van der Waals surface area contributed by atoms with Crippen molar-refractivity contribution < 1.29 is 19.0 Å². The highest BCUT2D eigenvalue weighted by Gasteiger charge is 2.27. The number of rotatable bonds is 8. The molecule has 0 bridgehead atoms.